The van der Waals surface area contributed by atoms with Gasteiger partial charge in [-0.05, 0) is 17.5 Å². The number of aliphatic carboxylic acids is 1. The molecule has 0 saturated carbocycles. The number of hydrogen-bond acceptors (Lipinski definition) is 4. The number of thiophene rings is 1. The van der Waals surface area contributed by atoms with Crippen LogP contribution in [0.3, 0.4) is 0 Å². The Morgan fingerprint density at radius 1 is 1.18 bits per heavy atom. The van der Waals surface area contributed by atoms with Crippen LogP contribution in [0.25, 0.3) is 10.1 Å². The first-order valence-electron chi connectivity index (χ1n) is 4.75. The summed E-state index contributed by atoms with van der Waals surface area (Å²) in [6.45, 7) is 0. The maximum atomic E-state index is 11.6. The van der Waals surface area contributed by atoms with Gasteiger partial charge in [0.25, 0.3) is 0 Å². The Morgan fingerprint density at radius 2 is 1.88 bits per heavy atom. The summed E-state index contributed by atoms with van der Waals surface area (Å²) in [4.78, 5) is 22.4. The standard InChI is InChI=1S/C12H8O4S/c13-8(6-9(14)12(15)16)11-5-7-3-1-2-4-10(7)17-11/h1-6,14H,(H,15,16)/b9-6+. The summed E-state index contributed by atoms with van der Waals surface area (Å²) in [5.41, 5.74) is 0. The quantitative estimate of drug-likeness (QED) is 0.497. The van der Waals surface area contributed by atoms with Gasteiger partial charge < -0.3 is 10.2 Å². The Bertz CT molecular complexity index is 591. The molecule has 0 aliphatic rings. The molecule has 1 heterocycles. The molecule has 0 radical (unpaired) electrons. The molecule has 0 fully saturated rings. The van der Waals surface area contributed by atoms with Gasteiger partial charge in [-0.15, -0.1) is 11.3 Å². The van der Waals surface area contributed by atoms with Crippen molar-refractivity contribution in [1.82, 2.24) is 0 Å². The summed E-state index contributed by atoms with van der Waals surface area (Å²) in [7, 11) is 0. The van der Waals surface area contributed by atoms with E-state index in [9.17, 15) is 9.59 Å². The van der Waals surface area contributed by atoms with Gasteiger partial charge in [0.1, 0.15) is 0 Å². The molecule has 0 saturated heterocycles. The van der Waals surface area contributed by atoms with Crippen LogP contribution in [0.2, 0.25) is 0 Å². The summed E-state index contributed by atoms with van der Waals surface area (Å²) >= 11 is 1.26. The van der Waals surface area contributed by atoms with Gasteiger partial charge in [0.05, 0.1) is 4.88 Å². The number of carbonyl (C=O) groups is 2. The molecule has 0 spiro atoms. The topological polar surface area (TPSA) is 74.6 Å². The third-order valence-electron chi connectivity index (χ3n) is 2.16. The first kappa shape index (κ1) is 11.3. The molecule has 2 rings (SSSR count). The molecule has 0 amide bonds. The average molecular weight is 248 g/mol. The van der Waals surface area contributed by atoms with Crippen molar-refractivity contribution in [2.24, 2.45) is 0 Å². The first-order valence-corrected chi connectivity index (χ1v) is 5.56. The maximum absolute atomic E-state index is 11.6. The van der Waals surface area contributed by atoms with Crippen molar-refractivity contribution < 1.29 is 19.8 Å². The Hall–Kier alpha value is -2.14. The monoisotopic (exact) mass is 248 g/mol. The van der Waals surface area contributed by atoms with Crippen LogP contribution in [0.1, 0.15) is 9.67 Å². The highest BCUT2D eigenvalue weighted by molar-refractivity contribution is 7.21. The van der Waals surface area contributed by atoms with Crippen LogP contribution < -0.4 is 0 Å². The van der Waals surface area contributed by atoms with E-state index >= 15 is 0 Å². The minimum Gasteiger partial charge on any atom is -0.502 e. The predicted molar refractivity (Wildman–Crippen MR) is 64.5 cm³/mol. The lowest BCUT2D eigenvalue weighted by molar-refractivity contribution is -0.135. The van der Waals surface area contributed by atoms with Crippen LogP contribution in [0.5, 0.6) is 0 Å². The number of benzene rings is 1. The third kappa shape index (κ3) is 2.34. The Labute approximate surface area is 100 Å². The molecule has 0 aliphatic heterocycles. The number of allylic oxidation sites excluding steroid dienone is 1. The van der Waals surface area contributed by atoms with Crippen LogP contribution in [0.15, 0.2) is 42.2 Å². The van der Waals surface area contributed by atoms with E-state index in [2.05, 4.69) is 0 Å². The highest BCUT2D eigenvalue weighted by atomic mass is 32.1. The Morgan fingerprint density at radius 3 is 2.53 bits per heavy atom. The zero-order valence-corrected chi connectivity index (χ0v) is 9.40. The number of aliphatic hydroxyl groups is 1. The lowest BCUT2D eigenvalue weighted by atomic mass is 10.2. The number of ketones is 1. The number of carboxylic acid groups (broad SMARTS) is 1. The molecule has 86 valence electrons. The van der Waals surface area contributed by atoms with E-state index in [1.54, 1.807) is 6.07 Å². The minimum atomic E-state index is -1.51. The molecular weight excluding hydrogens is 240 g/mol. The van der Waals surface area contributed by atoms with Crippen molar-refractivity contribution in [3.05, 3.63) is 47.0 Å². The molecule has 0 atom stereocenters. The van der Waals surface area contributed by atoms with E-state index in [1.807, 2.05) is 24.3 Å². The molecule has 5 heteroatoms. The molecule has 1 aromatic carbocycles. The lowest BCUT2D eigenvalue weighted by Gasteiger charge is -1.90. The summed E-state index contributed by atoms with van der Waals surface area (Å²) in [5.74, 6) is -2.97. The molecule has 1 aromatic heterocycles. The summed E-state index contributed by atoms with van der Waals surface area (Å²) in [5, 5.41) is 18.3. The minimum absolute atomic E-state index is 0.402. The second-order valence-electron chi connectivity index (χ2n) is 3.35. The maximum Gasteiger partial charge on any atom is 0.371 e. The lowest BCUT2D eigenvalue weighted by Crippen LogP contribution is -2.02. The van der Waals surface area contributed by atoms with Gasteiger partial charge in [-0.3, -0.25) is 4.79 Å². The summed E-state index contributed by atoms with van der Waals surface area (Å²) in [6.07, 6.45) is 0.715. The van der Waals surface area contributed by atoms with E-state index < -0.39 is 17.5 Å². The van der Waals surface area contributed by atoms with Gasteiger partial charge in [0, 0.05) is 10.8 Å². The molecule has 2 aromatic rings. The van der Waals surface area contributed by atoms with Crippen molar-refractivity contribution in [3.63, 3.8) is 0 Å². The Balaban J connectivity index is 2.37. The van der Waals surface area contributed by atoms with Crippen molar-refractivity contribution >= 4 is 33.2 Å². The third-order valence-corrected chi connectivity index (χ3v) is 3.29. The predicted octanol–water partition coefficient (Wildman–Crippen LogP) is 2.61. The van der Waals surface area contributed by atoms with Crippen molar-refractivity contribution in [3.8, 4) is 0 Å². The van der Waals surface area contributed by atoms with Gasteiger partial charge in [0.15, 0.2) is 5.78 Å². The van der Waals surface area contributed by atoms with Crippen molar-refractivity contribution in [2.75, 3.05) is 0 Å². The van der Waals surface area contributed by atoms with Gasteiger partial charge in [-0.1, -0.05) is 18.2 Å². The second kappa shape index (κ2) is 4.39. The van der Waals surface area contributed by atoms with Gasteiger partial charge in [-0.25, -0.2) is 4.79 Å². The number of hydrogen-bond donors (Lipinski definition) is 2. The highest BCUT2D eigenvalue weighted by Crippen LogP contribution is 2.25. The highest BCUT2D eigenvalue weighted by Gasteiger charge is 2.11. The zero-order chi connectivity index (χ0) is 12.4. The van der Waals surface area contributed by atoms with Crippen LogP contribution in [0.4, 0.5) is 0 Å². The van der Waals surface area contributed by atoms with Gasteiger partial charge in [0.2, 0.25) is 5.76 Å². The first-order chi connectivity index (χ1) is 8.08. The van der Waals surface area contributed by atoms with Crippen LogP contribution >= 0.6 is 11.3 Å². The molecule has 0 bridgehead atoms. The second-order valence-corrected chi connectivity index (χ2v) is 4.43. The molecule has 0 aliphatic carbocycles. The number of aliphatic hydroxyl groups excluding tert-OH is 1. The van der Waals surface area contributed by atoms with E-state index in [0.717, 1.165) is 10.1 Å². The number of rotatable bonds is 3. The molecule has 2 N–H and O–H groups in total. The van der Waals surface area contributed by atoms with E-state index in [-0.39, 0.29) is 0 Å². The summed E-state index contributed by atoms with van der Waals surface area (Å²) in [6, 6.07) is 9.13. The number of carbonyl (C=O) groups excluding carboxylic acids is 1. The van der Waals surface area contributed by atoms with Crippen LogP contribution in [-0.2, 0) is 4.79 Å². The van der Waals surface area contributed by atoms with E-state index in [4.69, 9.17) is 10.2 Å². The van der Waals surface area contributed by atoms with Crippen LogP contribution in [0, 0.1) is 0 Å². The number of fused-ring (bicyclic) bond motifs is 1. The van der Waals surface area contributed by atoms with E-state index in [1.165, 1.54) is 11.3 Å². The fourth-order valence-corrected chi connectivity index (χ4v) is 2.33. The van der Waals surface area contributed by atoms with Crippen molar-refractivity contribution in [2.45, 2.75) is 0 Å². The normalized spacial score (nSPS) is 11.6. The summed E-state index contributed by atoms with van der Waals surface area (Å²) < 4.78 is 0.944. The molecular formula is C12H8O4S. The SMILES string of the molecule is O=C(O)/C(O)=C\C(=O)c1cc2ccccc2s1. The number of carboxylic acids is 1. The van der Waals surface area contributed by atoms with Gasteiger partial charge >= 0.3 is 5.97 Å². The van der Waals surface area contributed by atoms with Gasteiger partial charge in [-0.2, -0.15) is 0 Å². The molecule has 0 unspecified atom stereocenters. The van der Waals surface area contributed by atoms with Crippen LogP contribution in [-0.4, -0.2) is 22.0 Å². The van der Waals surface area contributed by atoms with E-state index in [0.29, 0.717) is 11.0 Å². The molecule has 4 nitrogen and oxygen atoms in total. The molecule has 17 heavy (non-hydrogen) atoms. The zero-order valence-electron chi connectivity index (χ0n) is 8.58. The Kier molecular flexibility index (Phi) is 2.93. The smallest absolute Gasteiger partial charge is 0.371 e. The fourth-order valence-electron chi connectivity index (χ4n) is 1.36. The average Bonchev–Trinajstić information content (AvgIpc) is 2.72. The van der Waals surface area contributed by atoms with Crippen molar-refractivity contribution in [1.29, 1.82) is 0 Å². The fraction of sp³-hybridized carbons (Fsp3) is 0. The largest absolute Gasteiger partial charge is 0.502 e.